The largest absolute Gasteiger partial charge is 0.481 e. The van der Waals surface area contributed by atoms with Crippen LogP contribution >= 0.6 is 0 Å². The van der Waals surface area contributed by atoms with Crippen molar-refractivity contribution in [3.05, 3.63) is 29.8 Å². The van der Waals surface area contributed by atoms with Gasteiger partial charge in [0.15, 0.2) is 18.2 Å². The molecule has 0 aromatic heterocycles. The van der Waals surface area contributed by atoms with E-state index in [1.54, 1.807) is 0 Å². The highest BCUT2D eigenvalue weighted by molar-refractivity contribution is 5.77. The van der Waals surface area contributed by atoms with Crippen molar-refractivity contribution in [1.82, 2.24) is 10.2 Å². The van der Waals surface area contributed by atoms with Crippen molar-refractivity contribution in [2.75, 3.05) is 39.5 Å². The number of nitrogens with zero attached hydrogens (tertiary/aromatic N) is 1. The molecule has 0 bridgehead atoms. The van der Waals surface area contributed by atoms with Gasteiger partial charge in [-0.1, -0.05) is 13.8 Å². The number of ether oxygens (including phenoxy) is 2. The molecule has 1 aromatic carbocycles. The van der Waals surface area contributed by atoms with E-state index in [0.717, 1.165) is 31.6 Å². The van der Waals surface area contributed by atoms with Gasteiger partial charge in [0.1, 0.15) is 5.82 Å². The Morgan fingerprint density at radius 2 is 2.04 bits per heavy atom. The normalized spacial score (nSPS) is 16.7. The molecule has 25 heavy (non-hydrogen) atoms. The average Bonchev–Trinajstić information content (AvgIpc) is 2.58. The van der Waals surface area contributed by atoms with E-state index in [-0.39, 0.29) is 24.3 Å². The molecule has 140 valence electrons. The lowest BCUT2D eigenvalue weighted by molar-refractivity contribution is -0.123. The van der Waals surface area contributed by atoms with Crippen LogP contribution in [0.4, 0.5) is 8.78 Å². The van der Waals surface area contributed by atoms with Crippen LogP contribution < -0.4 is 10.1 Å². The molecule has 1 fully saturated rings. The third-order valence-corrected chi connectivity index (χ3v) is 4.09. The van der Waals surface area contributed by atoms with E-state index >= 15 is 0 Å². The summed E-state index contributed by atoms with van der Waals surface area (Å²) in [5.41, 5.74) is 0. The van der Waals surface area contributed by atoms with Crippen LogP contribution in [0, 0.1) is 17.6 Å². The maximum atomic E-state index is 13.5. The second-order valence-electron chi connectivity index (χ2n) is 6.60. The predicted molar refractivity (Wildman–Crippen MR) is 90.5 cm³/mol. The number of rotatable bonds is 8. The topological polar surface area (TPSA) is 50.8 Å². The van der Waals surface area contributed by atoms with Crippen LogP contribution in [-0.4, -0.2) is 56.3 Å². The Labute approximate surface area is 147 Å². The second-order valence-corrected chi connectivity index (χ2v) is 6.60. The standard InChI is InChI=1S/C18H26F2N2O3/c1-13(2)9-15(22-5-7-24-8-6-22)11-21-18(23)12-25-17-4-3-14(19)10-16(17)20/h3-4,10,13,15H,5-9,11-12H2,1-2H3,(H,21,23). The number of carbonyl (C=O) groups is 1. The molecule has 7 heteroatoms. The summed E-state index contributed by atoms with van der Waals surface area (Å²) >= 11 is 0. The molecule has 0 aliphatic carbocycles. The zero-order valence-corrected chi connectivity index (χ0v) is 14.8. The number of halogens is 2. The van der Waals surface area contributed by atoms with Gasteiger partial charge in [-0.3, -0.25) is 9.69 Å². The Bertz CT molecular complexity index is 563. The number of benzene rings is 1. The van der Waals surface area contributed by atoms with Gasteiger partial charge < -0.3 is 14.8 Å². The van der Waals surface area contributed by atoms with Crippen LogP contribution in [0.25, 0.3) is 0 Å². The fourth-order valence-corrected chi connectivity index (χ4v) is 2.87. The molecule has 1 N–H and O–H groups in total. The third kappa shape index (κ3) is 6.59. The highest BCUT2D eigenvalue weighted by atomic mass is 19.1. The summed E-state index contributed by atoms with van der Waals surface area (Å²) in [7, 11) is 0. The summed E-state index contributed by atoms with van der Waals surface area (Å²) in [4.78, 5) is 14.3. The van der Waals surface area contributed by atoms with E-state index < -0.39 is 11.6 Å². The summed E-state index contributed by atoms with van der Waals surface area (Å²) in [5, 5.41) is 2.84. The summed E-state index contributed by atoms with van der Waals surface area (Å²) in [6, 6.07) is 3.22. The SMILES string of the molecule is CC(C)CC(CNC(=O)COc1ccc(F)cc1F)N1CCOCC1. The van der Waals surface area contributed by atoms with E-state index in [1.165, 1.54) is 6.07 Å². The van der Waals surface area contributed by atoms with E-state index in [2.05, 4.69) is 24.1 Å². The van der Waals surface area contributed by atoms with Crippen LogP contribution in [0.2, 0.25) is 0 Å². The molecule has 1 saturated heterocycles. The van der Waals surface area contributed by atoms with E-state index in [9.17, 15) is 13.6 Å². The van der Waals surface area contributed by atoms with Crippen molar-refractivity contribution in [3.8, 4) is 5.75 Å². The molecule has 1 unspecified atom stereocenters. The number of hydrogen-bond donors (Lipinski definition) is 1. The zero-order chi connectivity index (χ0) is 18.2. The van der Waals surface area contributed by atoms with Gasteiger partial charge in [-0.05, 0) is 24.5 Å². The maximum absolute atomic E-state index is 13.5. The quantitative estimate of drug-likeness (QED) is 0.776. The average molecular weight is 356 g/mol. The minimum absolute atomic E-state index is 0.136. The van der Waals surface area contributed by atoms with Crippen LogP contribution in [-0.2, 0) is 9.53 Å². The molecule has 2 rings (SSSR count). The molecular weight excluding hydrogens is 330 g/mol. The second kappa shape index (κ2) is 9.68. The smallest absolute Gasteiger partial charge is 0.257 e. The van der Waals surface area contributed by atoms with E-state index in [4.69, 9.17) is 9.47 Å². The van der Waals surface area contributed by atoms with Gasteiger partial charge in [0.05, 0.1) is 13.2 Å². The van der Waals surface area contributed by atoms with E-state index in [1.807, 2.05) is 0 Å². The summed E-state index contributed by atoms with van der Waals surface area (Å²) < 4.78 is 36.8. The van der Waals surface area contributed by atoms with Gasteiger partial charge in [0.2, 0.25) is 0 Å². The van der Waals surface area contributed by atoms with Crippen LogP contribution in [0.5, 0.6) is 5.75 Å². The lowest BCUT2D eigenvalue weighted by Crippen LogP contribution is -2.49. The first kappa shape index (κ1) is 19.6. The minimum Gasteiger partial charge on any atom is -0.481 e. The molecule has 0 saturated carbocycles. The molecule has 1 atom stereocenters. The van der Waals surface area contributed by atoms with Crippen molar-refractivity contribution in [2.24, 2.45) is 5.92 Å². The fraction of sp³-hybridized carbons (Fsp3) is 0.611. The first-order chi connectivity index (χ1) is 12.0. The highest BCUT2D eigenvalue weighted by Gasteiger charge is 2.22. The monoisotopic (exact) mass is 356 g/mol. The summed E-state index contributed by atoms with van der Waals surface area (Å²) in [6.07, 6.45) is 0.966. The molecule has 5 nitrogen and oxygen atoms in total. The first-order valence-electron chi connectivity index (χ1n) is 8.62. The number of nitrogens with one attached hydrogen (secondary N) is 1. The fourth-order valence-electron chi connectivity index (χ4n) is 2.87. The summed E-state index contributed by atoms with van der Waals surface area (Å²) in [6.45, 7) is 7.61. The van der Waals surface area contributed by atoms with Crippen LogP contribution in [0.3, 0.4) is 0 Å². The molecule has 1 aliphatic rings. The predicted octanol–water partition coefficient (Wildman–Crippen LogP) is 2.21. The highest BCUT2D eigenvalue weighted by Crippen LogP contribution is 2.17. The lowest BCUT2D eigenvalue weighted by atomic mass is 10.0. The molecule has 1 aliphatic heterocycles. The van der Waals surface area contributed by atoms with Gasteiger partial charge >= 0.3 is 0 Å². The van der Waals surface area contributed by atoms with Crippen LogP contribution in [0.15, 0.2) is 18.2 Å². The van der Waals surface area contributed by atoms with Crippen LogP contribution in [0.1, 0.15) is 20.3 Å². The Morgan fingerprint density at radius 1 is 1.32 bits per heavy atom. The summed E-state index contributed by atoms with van der Waals surface area (Å²) in [5.74, 6) is -1.46. The van der Waals surface area contributed by atoms with Gasteiger partial charge in [0.25, 0.3) is 5.91 Å². The van der Waals surface area contributed by atoms with Gasteiger partial charge in [-0.15, -0.1) is 0 Å². The van der Waals surface area contributed by atoms with Crippen molar-refractivity contribution in [1.29, 1.82) is 0 Å². The van der Waals surface area contributed by atoms with Crippen molar-refractivity contribution >= 4 is 5.91 Å². The Kier molecular flexibility index (Phi) is 7.58. The number of hydrogen-bond acceptors (Lipinski definition) is 4. The molecule has 1 amide bonds. The van der Waals surface area contributed by atoms with Gasteiger partial charge in [-0.25, -0.2) is 8.78 Å². The first-order valence-corrected chi connectivity index (χ1v) is 8.62. The van der Waals surface area contributed by atoms with Crippen molar-refractivity contribution in [2.45, 2.75) is 26.3 Å². The Balaban J connectivity index is 1.81. The number of amides is 1. The van der Waals surface area contributed by atoms with E-state index in [0.29, 0.717) is 25.7 Å². The maximum Gasteiger partial charge on any atom is 0.257 e. The third-order valence-electron chi connectivity index (χ3n) is 4.09. The van der Waals surface area contributed by atoms with Crippen molar-refractivity contribution < 1.29 is 23.0 Å². The Morgan fingerprint density at radius 3 is 2.68 bits per heavy atom. The number of morpholine rings is 1. The molecule has 0 radical (unpaired) electrons. The molecule has 0 spiro atoms. The Hall–Kier alpha value is -1.73. The van der Waals surface area contributed by atoms with Gasteiger partial charge in [0, 0.05) is 31.7 Å². The van der Waals surface area contributed by atoms with Crippen molar-refractivity contribution in [3.63, 3.8) is 0 Å². The minimum atomic E-state index is -0.821. The molecule has 1 aromatic rings. The molecule has 1 heterocycles. The lowest BCUT2D eigenvalue weighted by Gasteiger charge is -2.35. The van der Waals surface area contributed by atoms with Gasteiger partial charge in [-0.2, -0.15) is 0 Å². The molecular formula is C18H26F2N2O3. The zero-order valence-electron chi connectivity index (χ0n) is 14.8. The number of carbonyl (C=O) groups excluding carboxylic acids is 1.